The number of benzene rings is 3. The van der Waals surface area contributed by atoms with Gasteiger partial charge in [0.1, 0.15) is 0 Å². The normalized spacial score (nSPS) is 13.0. The van der Waals surface area contributed by atoms with E-state index in [4.69, 9.17) is 18.9 Å². The predicted octanol–water partition coefficient (Wildman–Crippen LogP) is 3.00. The molecule has 8 heteroatoms. The van der Waals surface area contributed by atoms with Gasteiger partial charge in [0.2, 0.25) is 13.6 Å². The Kier molecular flexibility index (Phi) is 5.25. The lowest BCUT2D eigenvalue weighted by molar-refractivity contribution is 0.0939. The minimum atomic E-state index is -0.227. The second-order valence-corrected chi connectivity index (χ2v) is 7.32. The van der Waals surface area contributed by atoms with Crippen LogP contribution in [0.4, 0.5) is 0 Å². The summed E-state index contributed by atoms with van der Waals surface area (Å²) >= 11 is 0. The van der Waals surface area contributed by atoms with Crippen LogP contribution in [0.15, 0.2) is 60.7 Å². The molecule has 2 aliphatic rings. The zero-order chi connectivity index (χ0) is 21.9. The summed E-state index contributed by atoms with van der Waals surface area (Å²) in [6.45, 7) is 1.13. The topological polar surface area (TPSA) is 95.1 Å². The van der Waals surface area contributed by atoms with Crippen LogP contribution >= 0.6 is 0 Å². The highest BCUT2D eigenvalue weighted by molar-refractivity contribution is 5.97. The van der Waals surface area contributed by atoms with Gasteiger partial charge in [0.15, 0.2) is 23.0 Å². The standard InChI is InChI=1S/C24H20N2O6/c27-23(25-11-15-1-7-19-21(9-15)31-13-29-19)17-3-5-18(6-4-17)24(28)26-12-16-2-8-20-22(10-16)32-14-30-20/h1-10H,11-14H2,(H,25,27)(H,26,28). The third-order valence-electron chi connectivity index (χ3n) is 5.19. The summed E-state index contributed by atoms with van der Waals surface area (Å²) in [5.74, 6) is 2.30. The number of fused-ring (bicyclic) bond motifs is 2. The Hall–Kier alpha value is -4.20. The van der Waals surface area contributed by atoms with Gasteiger partial charge in [0.25, 0.3) is 11.8 Å². The molecule has 0 unspecified atom stereocenters. The van der Waals surface area contributed by atoms with Crippen LogP contribution < -0.4 is 29.6 Å². The molecule has 2 aliphatic heterocycles. The van der Waals surface area contributed by atoms with Crippen LogP contribution in [0.2, 0.25) is 0 Å². The van der Waals surface area contributed by atoms with Crippen molar-refractivity contribution in [3.05, 3.63) is 82.9 Å². The molecule has 162 valence electrons. The van der Waals surface area contributed by atoms with Gasteiger partial charge in [-0.1, -0.05) is 12.1 Å². The van der Waals surface area contributed by atoms with E-state index >= 15 is 0 Å². The molecule has 5 rings (SSSR count). The number of amides is 2. The van der Waals surface area contributed by atoms with Gasteiger partial charge in [-0.2, -0.15) is 0 Å². The van der Waals surface area contributed by atoms with Gasteiger partial charge >= 0.3 is 0 Å². The van der Waals surface area contributed by atoms with Crippen molar-refractivity contribution >= 4 is 11.8 Å². The summed E-state index contributed by atoms with van der Waals surface area (Å²) in [6.07, 6.45) is 0. The molecule has 0 aromatic heterocycles. The van der Waals surface area contributed by atoms with Crippen molar-refractivity contribution in [1.82, 2.24) is 10.6 Å². The minimum absolute atomic E-state index is 0.210. The van der Waals surface area contributed by atoms with Gasteiger partial charge in [0, 0.05) is 24.2 Å². The Balaban J connectivity index is 1.14. The van der Waals surface area contributed by atoms with E-state index in [0.717, 1.165) is 11.1 Å². The maximum absolute atomic E-state index is 12.4. The van der Waals surface area contributed by atoms with Crippen LogP contribution in [0.3, 0.4) is 0 Å². The van der Waals surface area contributed by atoms with E-state index in [0.29, 0.717) is 47.2 Å². The van der Waals surface area contributed by atoms with Gasteiger partial charge in [-0.15, -0.1) is 0 Å². The molecule has 2 amide bonds. The number of ether oxygens (including phenoxy) is 4. The Labute approximate surface area is 184 Å². The molecule has 0 radical (unpaired) electrons. The first-order valence-electron chi connectivity index (χ1n) is 10.1. The quantitative estimate of drug-likeness (QED) is 0.622. The van der Waals surface area contributed by atoms with E-state index in [1.54, 1.807) is 24.3 Å². The lowest BCUT2D eigenvalue weighted by Gasteiger charge is -2.08. The molecule has 3 aromatic rings. The molecule has 0 spiro atoms. The molecule has 0 saturated carbocycles. The number of carbonyl (C=O) groups is 2. The first kappa shape index (κ1) is 19.7. The van der Waals surface area contributed by atoms with Crippen LogP contribution in [0.25, 0.3) is 0 Å². The zero-order valence-electron chi connectivity index (χ0n) is 17.1. The van der Waals surface area contributed by atoms with Crippen LogP contribution in [-0.2, 0) is 13.1 Å². The van der Waals surface area contributed by atoms with Crippen molar-refractivity contribution in [2.24, 2.45) is 0 Å². The van der Waals surface area contributed by atoms with Crippen molar-refractivity contribution < 1.29 is 28.5 Å². The molecule has 8 nitrogen and oxygen atoms in total. The van der Waals surface area contributed by atoms with Crippen LogP contribution in [0.5, 0.6) is 23.0 Å². The maximum Gasteiger partial charge on any atom is 0.251 e. The van der Waals surface area contributed by atoms with E-state index in [1.807, 2.05) is 36.4 Å². The van der Waals surface area contributed by atoms with Crippen molar-refractivity contribution in [2.75, 3.05) is 13.6 Å². The molecule has 0 atom stereocenters. The highest BCUT2D eigenvalue weighted by atomic mass is 16.7. The fourth-order valence-corrected chi connectivity index (χ4v) is 3.44. The third kappa shape index (κ3) is 4.15. The number of hydrogen-bond acceptors (Lipinski definition) is 6. The molecule has 3 aromatic carbocycles. The van der Waals surface area contributed by atoms with E-state index in [2.05, 4.69) is 10.6 Å². The molecule has 0 fully saturated rings. The van der Waals surface area contributed by atoms with Gasteiger partial charge in [-0.05, 0) is 59.7 Å². The fourth-order valence-electron chi connectivity index (χ4n) is 3.44. The van der Waals surface area contributed by atoms with Crippen molar-refractivity contribution in [3.8, 4) is 23.0 Å². The predicted molar refractivity (Wildman–Crippen MR) is 114 cm³/mol. The molecular formula is C24H20N2O6. The van der Waals surface area contributed by atoms with Crippen LogP contribution in [0, 0.1) is 0 Å². The average Bonchev–Trinajstić information content (AvgIpc) is 3.49. The van der Waals surface area contributed by atoms with Gasteiger partial charge in [-0.25, -0.2) is 0 Å². The minimum Gasteiger partial charge on any atom is -0.454 e. The third-order valence-corrected chi connectivity index (χ3v) is 5.19. The fraction of sp³-hybridized carbons (Fsp3) is 0.167. The van der Waals surface area contributed by atoms with Gasteiger partial charge in [0.05, 0.1) is 0 Å². The molecular weight excluding hydrogens is 412 g/mol. The lowest BCUT2D eigenvalue weighted by atomic mass is 10.1. The maximum atomic E-state index is 12.4. The van der Waals surface area contributed by atoms with Crippen molar-refractivity contribution in [3.63, 3.8) is 0 Å². The van der Waals surface area contributed by atoms with Gasteiger partial charge in [-0.3, -0.25) is 9.59 Å². The number of carbonyl (C=O) groups excluding carboxylic acids is 2. The Morgan fingerprint density at radius 3 is 1.44 bits per heavy atom. The average molecular weight is 432 g/mol. The molecule has 2 heterocycles. The smallest absolute Gasteiger partial charge is 0.251 e. The molecule has 2 N–H and O–H groups in total. The largest absolute Gasteiger partial charge is 0.454 e. The highest BCUT2D eigenvalue weighted by Gasteiger charge is 2.15. The lowest BCUT2D eigenvalue weighted by Crippen LogP contribution is -2.24. The second kappa shape index (κ2) is 8.50. The van der Waals surface area contributed by atoms with E-state index in [1.165, 1.54) is 0 Å². The Morgan fingerprint density at radius 2 is 1.00 bits per heavy atom. The summed E-state index contributed by atoms with van der Waals surface area (Å²) in [5, 5.41) is 5.73. The number of hydrogen-bond donors (Lipinski definition) is 2. The summed E-state index contributed by atoms with van der Waals surface area (Å²) in [5.41, 5.74) is 2.75. The highest BCUT2D eigenvalue weighted by Crippen LogP contribution is 2.33. The van der Waals surface area contributed by atoms with E-state index < -0.39 is 0 Å². The monoisotopic (exact) mass is 432 g/mol. The zero-order valence-corrected chi connectivity index (χ0v) is 17.1. The van der Waals surface area contributed by atoms with Crippen LogP contribution in [-0.4, -0.2) is 25.4 Å². The molecule has 0 bridgehead atoms. The summed E-state index contributed by atoms with van der Waals surface area (Å²) in [6, 6.07) is 17.6. The number of rotatable bonds is 6. The number of nitrogens with one attached hydrogen (secondary N) is 2. The summed E-state index contributed by atoms with van der Waals surface area (Å²) in [4.78, 5) is 24.9. The second-order valence-electron chi connectivity index (χ2n) is 7.32. The first-order valence-corrected chi connectivity index (χ1v) is 10.1. The molecule has 0 aliphatic carbocycles. The summed E-state index contributed by atoms with van der Waals surface area (Å²) in [7, 11) is 0. The SMILES string of the molecule is O=C(NCc1ccc2c(c1)OCO2)c1ccc(C(=O)NCc2ccc3c(c2)OCO3)cc1. The molecule has 0 saturated heterocycles. The van der Waals surface area contributed by atoms with E-state index in [-0.39, 0.29) is 25.4 Å². The van der Waals surface area contributed by atoms with Gasteiger partial charge < -0.3 is 29.6 Å². The van der Waals surface area contributed by atoms with Crippen LogP contribution in [0.1, 0.15) is 31.8 Å². The van der Waals surface area contributed by atoms with Crippen molar-refractivity contribution in [2.45, 2.75) is 13.1 Å². The first-order chi connectivity index (χ1) is 15.7. The Morgan fingerprint density at radius 1 is 0.594 bits per heavy atom. The van der Waals surface area contributed by atoms with E-state index in [9.17, 15) is 9.59 Å². The molecule has 32 heavy (non-hydrogen) atoms. The summed E-state index contributed by atoms with van der Waals surface area (Å²) < 4.78 is 21.3. The Bertz CT molecular complexity index is 1080. The van der Waals surface area contributed by atoms with Crippen molar-refractivity contribution in [1.29, 1.82) is 0 Å².